The highest BCUT2D eigenvalue weighted by Crippen LogP contribution is 2.19. The van der Waals surface area contributed by atoms with E-state index >= 15 is 0 Å². The number of Topliss-reactive ketones (excluding diaryl/α,β-unsaturated/α-hetero) is 1. The molecule has 0 rings (SSSR count). The van der Waals surface area contributed by atoms with Gasteiger partial charge in [0, 0.05) is 6.42 Å². The Morgan fingerprint density at radius 2 is 1.79 bits per heavy atom. The zero-order valence-corrected chi connectivity index (χ0v) is 10.1. The molecule has 0 aromatic rings. The molecule has 0 aliphatic heterocycles. The van der Waals surface area contributed by atoms with Gasteiger partial charge in [0.25, 0.3) is 0 Å². The van der Waals surface area contributed by atoms with Crippen molar-refractivity contribution < 1.29 is 4.79 Å². The molecule has 0 heterocycles. The highest BCUT2D eigenvalue weighted by Gasteiger charge is 2.26. The standard InChI is InChI=1S/C12H25NO/c1-5-6-7-8-9-10(14)11(13)12(2,3)4/h11H,5-9,13H2,1-4H3. The largest absolute Gasteiger partial charge is 0.321 e. The van der Waals surface area contributed by atoms with Gasteiger partial charge < -0.3 is 5.73 Å². The zero-order chi connectivity index (χ0) is 11.2. The minimum Gasteiger partial charge on any atom is -0.321 e. The lowest BCUT2D eigenvalue weighted by atomic mass is 9.83. The fourth-order valence-electron chi connectivity index (χ4n) is 1.36. The van der Waals surface area contributed by atoms with Crippen LogP contribution in [0.3, 0.4) is 0 Å². The van der Waals surface area contributed by atoms with Gasteiger partial charge in [-0.3, -0.25) is 4.79 Å². The van der Waals surface area contributed by atoms with E-state index in [-0.39, 0.29) is 17.2 Å². The maximum Gasteiger partial charge on any atom is 0.150 e. The molecule has 0 fully saturated rings. The fourth-order valence-corrected chi connectivity index (χ4v) is 1.36. The lowest BCUT2D eigenvalue weighted by Crippen LogP contribution is -2.42. The van der Waals surface area contributed by atoms with Crippen molar-refractivity contribution in [1.29, 1.82) is 0 Å². The molecule has 0 amide bonds. The van der Waals surface area contributed by atoms with Crippen molar-refractivity contribution in [3.63, 3.8) is 0 Å². The van der Waals surface area contributed by atoms with Crippen molar-refractivity contribution in [2.24, 2.45) is 11.1 Å². The minimum absolute atomic E-state index is 0.0954. The number of hydrogen-bond acceptors (Lipinski definition) is 2. The lowest BCUT2D eigenvalue weighted by molar-refractivity contribution is -0.122. The number of hydrogen-bond donors (Lipinski definition) is 1. The predicted molar refractivity (Wildman–Crippen MR) is 61.2 cm³/mol. The Labute approximate surface area is 88.3 Å². The zero-order valence-electron chi connectivity index (χ0n) is 10.1. The van der Waals surface area contributed by atoms with Crippen LogP contribution in [0.2, 0.25) is 0 Å². The third-order valence-electron chi connectivity index (χ3n) is 2.56. The van der Waals surface area contributed by atoms with Gasteiger partial charge in [0.05, 0.1) is 6.04 Å². The van der Waals surface area contributed by atoms with Gasteiger partial charge in [-0.2, -0.15) is 0 Å². The molecule has 0 aromatic heterocycles. The van der Waals surface area contributed by atoms with Crippen LogP contribution >= 0.6 is 0 Å². The molecule has 0 radical (unpaired) electrons. The molecule has 2 nitrogen and oxygen atoms in total. The SMILES string of the molecule is CCCCCCC(=O)C(N)C(C)(C)C. The van der Waals surface area contributed by atoms with Crippen LogP contribution in [0.4, 0.5) is 0 Å². The number of carbonyl (C=O) groups is 1. The van der Waals surface area contributed by atoms with Gasteiger partial charge in [-0.1, -0.05) is 47.0 Å². The summed E-state index contributed by atoms with van der Waals surface area (Å²) in [7, 11) is 0. The van der Waals surface area contributed by atoms with Crippen molar-refractivity contribution in [1.82, 2.24) is 0 Å². The number of rotatable bonds is 6. The van der Waals surface area contributed by atoms with E-state index in [0.29, 0.717) is 6.42 Å². The van der Waals surface area contributed by atoms with E-state index in [4.69, 9.17) is 5.73 Å². The summed E-state index contributed by atoms with van der Waals surface area (Å²) < 4.78 is 0. The van der Waals surface area contributed by atoms with Crippen LogP contribution in [-0.2, 0) is 4.79 Å². The average Bonchev–Trinajstić information content (AvgIpc) is 2.09. The first-order valence-electron chi connectivity index (χ1n) is 5.68. The van der Waals surface area contributed by atoms with Crippen LogP contribution in [0, 0.1) is 5.41 Å². The van der Waals surface area contributed by atoms with Crippen LogP contribution < -0.4 is 5.73 Å². The first-order chi connectivity index (χ1) is 6.39. The number of carbonyl (C=O) groups excluding carboxylic acids is 1. The highest BCUT2D eigenvalue weighted by molar-refractivity contribution is 5.84. The average molecular weight is 199 g/mol. The van der Waals surface area contributed by atoms with Crippen LogP contribution in [0.5, 0.6) is 0 Å². The van der Waals surface area contributed by atoms with Crippen LogP contribution in [0.1, 0.15) is 59.8 Å². The van der Waals surface area contributed by atoms with Gasteiger partial charge in [0.15, 0.2) is 0 Å². The fraction of sp³-hybridized carbons (Fsp3) is 0.917. The van der Waals surface area contributed by atoms with Gasteiger partial charge in [0.2, 0.25) is 0 Å². The maximum absolute atomic E-state index is 11.6. The quantitative estimate of drug-likeness (QED) is 0.668. The van der Waals surface area contributed by atoms with Crippen molar-refractivity contribution in [2.75, 3.05) is 0 Å². The third kappa shape index (κ3) is 5.38. The van der Waals surface area contributed by atoms with E-state index in [1.807, 2.05) is 20.8 Å². The predicted octanol–water partition coefficient (Wildman–Crippen LogP) is 2.90. The van der Waals surface area contributed by atoms with Crippen LogP contribution in [0.25, 0.3) is 0 Å². The van der Waals surface area contributed by atoms with E-state index in [1.54, 1.807) is 0 Å². The summed E-state index contributed by atoms with van der Waals surface area (Å²) >= 11 is 0. The second kappa shape index (κ2) is 6.18. The van der Waals surface area contributed by atoms with Gasteiger partial charge in [-0.15, -0.1) is 0 Å². The normalized spacial score (nSPS) is 14.1. The van der Waals surface area contributed by atoms with Crippen molar-refractivity contribution in [2.45, 2.75) is 65.8 Å². The van der Waals surface area contributed by atoms with Gasteiger partial charge in [-0.05, 0) is 11.8 Å². The van der Waals surface area contributed by atoms with Gasteiger partial charge >= 0.3 is 0 Å². The van der Waals surface area contributed by atoms with Crippen molar-refractivity contribution >= 4 is 5.78 Å². The van der Waals surface area contributed by atoms with Gasteiger partial charge in [0.1, 0.15) is 5.78 Å². The second-order valence-electron chi connectivity index (χ2n) is 5.12. The molecule has 0 aromatic carbocycles. The molecular formula is C12H25NO. The lowest BCUT2D eigenvalue weighted by Gasteiger charge is -2.25. The summed E-state index contributed by atoms with van der Waals surface area (Å²) in [6.45, 7) is 8.22. The Bertz CT molecular complexity index is 170. The first kappa shape index (κ1) is 13.6. The first-order valence-corrected chi connectivity index (χ1v) is 5.68. The number of unbranched alkanes of at least 4 members (excludes halogenated alkanes) is 3. The Morgan fingerprint density at radius 3 is 2.21 bits per heavy atom. The molecular weight excluding hydrogens is 174 g/mol. The molecule has 1 unspecified atom stereocenters. The molecule has 0 aliphatic rings. The van der Waals surface area contributed by atoms with Crippen molar-refractivity contribution in [3.05, 3.63) is 0 Å². The summed E-state index contributed by atoms with van der Waals surface area (Å²) in [6, 6.07) is -0.302. The number of ketones is 1. The third-order valence-corrected chi connectivity index (χ3v) is 2.56. The van der Waals surface area contributed by atoms with E-state index in [1.165, 1.54) is 12.8 Å². The highest BCUT2D eigenvalue weighted by atomic mass is 16.1. The van der Waals surface area contributed by atoms with E-state index in [0.717, 1.165) is 12.8 Å². The monoisotopic (exact) mass is 199 g/mol. The Kier molecular flexibility index (Phi) is 6.01. The Hall–Kier alpha value is -0.370. The Morgan fingerprint density at radius 1 is 1.21 bits per heavy atom. The summed E-state index contributed by atoms with van der Waals surface area (Å²) in [5.74, 6) is 0.216. The maximum atomic E-state index is 11.6. The minimum atomic E-state index is -0.302. The topological polar surface area (TPSA) is 43.1 Å². The molecule has 0 saturated carbocycles. The molecule has 1 atom stereocenters. The molecule has 0 bridgehead atoms. The summed E-state index contributed by atoms with van der Waals surface area (Å²) in [4.78, 5) is 11.6. The Balaban J connectivity index is 3.74. The molecule has 84 valence electrons. The van der Waals surface area contributed by atoms with E-state index < -0.39 is 0 Å². The smallest absolute Gasteiger partial charge is 0.150 e. The summed E-state index contributed by atoms with van der Waals surface area (Å²) in [6.07, 6.45) is 5.23. The molecule has 0 spiro atoms. The molecule has 14 heavy (non-hydrogen) atoms. The van der Waals surface area contributed by atoms with Gasteiger partial charge in [-0.25, -0.2) is 0 Å². The summed E-state index contributed by atoms with van der Waals surface area (Å²) in [5, 5.41) is 0. The molecule has 0 aliphatic carbocycles. The second-order valence-corrected chi connectivity index (χ2v) is 5.12. The molecule has 0 saturated heterocycles. The molecule has 2 heteroatoms. The summed E-state index contributed by atoms with van der Waals surface area (Å²) in [5.41, 5.74) is 5.76. The van der Waals surface area contributed by atoms with E-state index in [2.05, 4.69) is 6.92 Å². The van der Waals surface area contributed by atoms with E-state index in [9.17, 15) is 4.79 Å². The molecule has 2 N–H and O–H groups in total. The van der Waals surface area contributed by atoms with Crippen molar-refractivity contribution in [3.8, 4) is 0 Å². The van der Waals surface area contributed by atoms with Crippen LogP contribution in [0.15, 0.2) is 0 Å². The number of nitrogens with two attached hydrogens (primary N) is 1. The van der Waals surface area contributed by atoms with Crippen LogP contribution in [-0.4, -0.2) is 11.8 Å².